The summed E-state index contributed by atoms with van der Waals surface area (Å²) >= 11 is 3.77. The number of fused-ring (bicyclic) bond motifs is 2. The molecule has 0 spiro atoms. The largest absolute Gasteiger partial charge is 0.442 e. The first-order chi connectivity index (χ1) is 36.7. The number of nitrogens with one attached hydrogen (secondary N) is 9. The molecule has 7 amide bonds. The first-order valence-electron chi connectivity index (χ1n) is 27.2. The number of nitrogens with zero attached hydrogens (tertiary/aromatic N) is 2. The molecule has 426 valence electrons. The predicted octanol–water partition coefficient (Wildman–Crippen LogP) is 6.09. The van der Waals surface area contributed by atoms with E-state index in [1.165, 1.54) is 0 Å². The van der Waals surface area contributed by atoms with Crippen LogP contribution in [0, 0.1) is 12.3 Å². The van der Waals surface area contributed by atoms with Gasteiger partial charge in [-0.1, -0.05) is 31.6 Å². The summed E-state index contributed by atoms with van der Waals surface area (Å²) in [6.07, 6.45) is 14.6. The summed E-state index contributed by atoms with van der Waals surface area (Å²) in [5, 5.41) is 28.5. The van der Waals surface area contributed by atoms with Gasteiger partial charge in [-0.25, -0.2) is 9.59 Å². The Bertz CT molecular complexity index is 2150. The smallest absolute Gasteiger partial charge is 0.437 e. The van der Waals surface area contributed by atoms with Crippen LogP contribution in [0.2, 0.25) is 0 Å². The third-order valence-corrected chi connectivity index (χ3v) is 15.7. The van der Waals surface area contributed by atoms with Crippen molar-refractivity contribution in [2.24, 2.45) is 9.98 Å². The number of terminal acetylenes is 1. The Balaban J connectivity index is 0.926. The molecule has 77 heavy (non-hydrogen) atoms. The van der Waals surface area contributed by atoms with Gasteiger partial charge in [-0.2, -0.15) is 23.5 Å². The lowest BCUT2D eigenvalue weighted by Gasteiger charge is -2.18. The number of thioether (sulfide) groups is 2. The van der Waals surface area contributed by atoms with Crippen LogP contribution in [-0.2, 0) is 33.4 Å². The van der Waals surface area contributed by atoms with Crippen LogP contribution in [-0.4, -0.2) is 144 Å². The van der Waals surface area contributed by atoms with E-state index in [9.17, 15) is 33.6 Å². The predicted molar refractivity (Wildman–Crippen MR) is 303 cm³/mol. The van der Waals surface area contributed by atoms with Crippen LogP contribution >= 0.6 is 23.5 Å². The minimum Gasteiger partial charge on any atom is -0.442 e. The zero-order valence-corrected chi connectivity index (χ0v) is 47.5. The Hall–Kier alpha value is -5.73. The number of hydrogen-bond donors (Lipinski definition) is 9. The van der Waals surface area contributed by atoms with Crippen LogP contribution in [0.15, 0.2) is 28.2 Å². The Morgan fingerprint density at radius 3 is 1.47 bits per heavy atom. The summed E-state index contributed by atoms with van der Waals surface area (Å²) in [6, 6.07) is 5.44. The molecule has 4 aliphatic heterocycles. The van der Waals surface area contributed by atoms with Crippen molar-refractivity contribution >= 4 is 88.5 Å². The topological polar surface area (TPSA) is 280 Å². The fourth-order valence-electron chi connectivity index (χ4n) is 9.08. The zero-order valence-electron chi connectivity index (χ0n) is 45.8. The van der Waals surface area contributed by atoms with Crippen molar-refractivity contribution in [3.8, 4) is 12.3 Å². The molecule has 0 bridgehead atoms. The molecule has 4 aliphatic rings. The number of aliphatic imine (C=N–C) groups is 2. The number of guanidine groups is 2. The Morgan fingerprint density at radius 1 is 0.584 bits per heavy atom. The molecule has 0 saturated carbocycles. The second-order valence-corrected chi connectivity index (χ2v) is 24.2. The van der Waals surface area contributed by atoms with Crippen molar-refractivity contribution in [3.05, 3.63) is 23.8 Å². The average molecular weight is 1110 g/mol. The summed E-state index contributed by atoms with van der Waals surface area (Å²) in [5.41, 5.74) is -0.266. The van der Waals surface area contributed by atoms with Crippen molar-refractivity contribution in [2.45, 2.75) is 190 Å². The number of unbranched alkanes of at least 4 members (excludes halogenated alkanes) is 6. The maximum atomic E-state index is 13.1. The van der Waals surface area contributed by atoms with Gasteiger partial charge in [-0.3, -0.25) is 24.0 Å². The van der Waals surface area contributed by atoms with Gasteiger partial charge in [0, 0.05) is 84.3 Å². The van der Waals surface area contributed by atoms with Gasteiger partial charge < -0.3 is 62.1 Å². The third-order valence-electron chi connectivity index (χ3n) is 12.7. The number of carbonyl (C=O) groups excluding carboxylic acids is 7. The number of benzene rings is 1. The van der Waals surface area contributed by atoms with E-state index in [2.05, 4.69) is 63.8 Å². The highest BCUT2D eigenvalue weighted by Crippen LogP contribution is 2.34. The molecule has 0 aromatic heterocycles. The molecule has 4 heterocycles. The van der Waals surface area contributed by atoms with E-state index < -0.39 is 29.3 Å². The second-order valence-electron chi connectivity index (χ2n) is 21.7. The Labute approximate surface area is 462 Å². The molecule has 1 aromatic carbocycles. The van der Waals surface area contributed by atoms with Gasteiger partial charge in [0.25, 0.3) is 5.91 Å². The number of hydrogen-bond acceptors (Lipinski definition) is 12. The second kappa shape index (κ2) is 31.6. The van der Waals surface area contributed by atoms with Crippen LogP contribution in [0.4, 0.5) is 21.0 Å². The van der Waals surface area contributed by atoms with Crippen molar-refractivity contribution in [1.29, 1.82) is 0 Å². The number of amides is 7. The van der Waals surface area contributed by atoms with E-state index in [0.29, 0.717) is 72.6 Å². The summed E-state index contributed by atoms with van der Waals surface area (Å²) in [4.78, 5) is 96.7. The lowest BCUT2D eigenvalue weighted by molar-refractivity contribution is -0.122. The van der Waals surface area contributed by atoms with Crippen molar-refractivity contribution in [2.75, 3.05) is 55.0 Å². The van der Waals surface area contributed by atoms with Gasteiger partial charge in [0.15, 0.2) is 0 Å². The van der Waals surface area contributed by atoms with E-state index >= 15 is 0 Å². The van der Waals surface area contributed by atoms with Crippen molar-refractivity contribution < 1.29 is 47.8 Å². The molecule has 4 saturated heterocycles. The third kappa shape index (κ3) is 23.8. The van der Waals surface area contributed by atoms with Crippen LogP contribution in [0.5, 0.6) is 0 Å². The van der Waals surface area contributed by atoms with Gasteiger partial charge in [0.05, 0.1) is 30.8 Å². The van der Waals surface area contributed by atoms with Gasteiger partial charge in [-0.15, -0.1) is 16.4 Å². The fourth-order valence-corrected chi connectivity index (χ4v) is 12.2. The van der Waals surface area contributed by atoms with Crippen molar-refractivity contribution in [3.63, 3.8) is 0 Å². The van der Waals surface area contributed by atoms with Crippen molar-refractivity contribution in [1.82, 2.24) is 37.2 Å². The van der Waals surface area contributed by atoms with Gasteiger partial charge in [0.1, 0.15) is 17.8 Å². The molecule has 1 aromatic rings. The Kier molecular flexibility index (Phi) is 25.5. The molecule has 23 heteroatoms. The number of ether oxygens (including phenoxy) is 3. The molecule has 4 fully saturated rings. The highest BCUT2D eigenvalue weighted by atomic mass is 32.2. The van der Waals surface area contributed by atoms with Crippen LogP contribution in [0.3, 0.4) is 0 Å². The van der Waals surface area contributed by atoms with E-state index in [0.717, 1.165) is 75.7 Å². The highest BCUT2D eigenvalue weighted by molar-refractivity contribution is 8.00. The molecule has 9 N–H and O–H groups in total. The summed E-state index contributed by atoms with van der Waals surface area (Å²) in [5.74, 6) is 4.20. The number of rotatable bonds is 29. The molecule has 6 unspecified atom stereocenters. The molecule has 6 atom stereocenters. The highest BCUT2D eigenvalue weighted by Gasteiger charge is 2.43. The van der Waals surface area contributed by atoms with Crippen LogP contribution in [0.1, 0.15) is 155 Å². The van der Waals surface area contributed by atoms with E-state index in [1.807, 2.05) is 23.5 Å². The number of anilines is 2. The summed E-state index contributed by atoms with van der Waals surface area (Å²) in [6.45, 7) is 12.4. The van der Waals surface area contributed by atoms with Crippen LogP contribution < -0.4 is 47.9 Å². The van der Waals surface area contributed by atoms with E-state index in [1.54, 1.807) is 59.7 Å². The molecule has 5 rings (SSSR count). The Morgan fingerprint density at radius 2 is 1.03 bits per heavy atom. The maximum absolute atomic E-state index is 13.1. The monoisotopic (exact) mass is 1110 g/mol. The molecular weight excluding hydrogens is 1030 g/mol. The maximum Gasteiger partial charge on any atom is 0.437 e. The summed E-state index contributed by atoms with van der Waals surface area (Å²) < 4.78 is 15.9. The minimum atomic E-state index is -0.626. The van der Waals surface area contributed by atoms with E-state index in [-0.39, 0.29) is 86.0 Å². The number of carbonyl (C=O) groups is 7. The van der Waals surface area contributed by atoms with Gasteiger partial charge in [-0.05, 0) is 111 Å². The minimum absolute atomic E-state index is 0.00244. The van der Waals surface area contributed by atoms with Crippen LogP contribution in [0.25, 0.3) is 0 Å². The fraction of sp³-hybridized carbons (Fsp3) is 0.685. The molecular formula is C54H83N11O10S2. The standard InChI is InChI=1S/C54H83N11O10S2/c1-8-28-73-29-27-57-48(70)35-30-36(58-44(68)23-11-9-17-25-55-42(66)21-15-13-19-40-46-38(33-76-40)60-49(62-46)64-51(71)74-53(2,3)4)32-37(31-35)59-45(69)24-12-10-18-26-56-43(67)22-16-14-20-41-47-39(34-77-41)61-50(63-47)65-52(72)75-54(5,6)7/h1,30-32,38-41,46-47H,9-29,33-34H2,2-7H3,(H,55,66)(H,56,67)(H,57,70)(H,58,68)(H,59,69)(H2,60,62,64,71)(H2,61,63,65,72). The molecule has 21 nitrogen and oxygen atoms in total. The van der Waals surface area contributed by atoms with E-state index in [4.69, 9.17) is 20.6 Å². The lowest BCUT2D eigenvalue weighted by atomic mass is 10.0. The molecule has 0 aliphatic carbocycles. The summed E-state index contributed by atoms with van der Waals surface area (Å²) in [7, 11) is 0. The zero-order chi connectivity index (χ0) is 55.8. The normalized spacial score (nSPS) is 21.3. The lowest BCUT2D eigenvalue weighted by Crippen LogP contribution is -2.37. The first-order valence-corrected chi connectivity index (χ1v) is 29.3. The first kappa shape index (κ1) is 62.1. The molecule has 0 radical (unpaired) electrons. The SMILES string of the molecule is C#CCOCCNC(=O)c1cc(NC(=O)CCCCCNC(=O)CCCCC2SCC3N/C(=N/C(=O)OC(C)(C)C)NC32)cc(NC(=O)CCCCCNC(=O)CCCCC2SCC3N/C(=N\C(=O)OC(C)(C)C)NC32)c1. The quantitative estimate of drug-likeness (QED) is 0.0324. The van der Waals surface area contributed by atoms with Gasteiger partial charge in [0.2, 0.25) is 35.5 Å². The van der Waals surface area contributed by atoms with Gasteiger partial charge >= 0.3 is 12.2 Å². The average Bonchev–Trinajstić information content (AvgIpc) is 4.14.